The number of anilines is 2. The fourth-order valence-electron chi connectivity index (χ4n) is 5.87. The molecule has 6 rings (SSSR count). The highest BCUT2D eigenvalue weighted by Gasteiger charge is 2.41. The second-order valence-electron chi connectivity index (χ2n) is 10.8. The molecule has 236 valence electrons. The zero-order chi connectivity index (χ0) is 31.9. The number of halogens is 3. The van der Waals surface area contributed by atoms with Crippen molar-refractivity contribution in [2.75, 3.05) is 28.2 Å². The van der Waals surface area contributed by atoms with Gasteiger partial charge in [0, 0.05) is 40.4 Å². The second-order valence-corrected chi connectivity index (χ2v) is 16.4. The number of aromatic nitrogens is 1. The molecular weight excluding hydrogens is 682 g/mol. The molecule has 45 heavy (non-hydrogen) atoms. The van der Waals surface area contributed by atoms with Crippen molar-refractivity contribution in [1.82, 2.24) is 9.88 Å². The molecule has 2 aliphatic heterocycles. The minimum Gasteiger partial charge on any atom is -0.311 e. The third kappa shape index (κ3) is 6.34. The van der Waals surface area contributed by atoms with Crippen LogP contribution in [0.4, 0.5) is 15.2 Å². The first-order chi connectivity index (χ1) is 21.4. The van der Waals surface area contributed by atoms with Gasteiger partial charge in [0.2, 0.25) is 11.0 Å². The molecule has 2 fully saturated rings. The van der Waals surface area contributed by atoms with Gasteiger partial charge >= 0.3 is 0 Å². The predicted molar refractivity (Wildman–Crippen MR) is 173 cm³/mol. The molecule has 0 radical (unpaired) electrons. The van der Waals surface area contributed by atoms with Gasteiger partial charge in [-0.25, -0.2) is 9.37 Å². The Morgan fingerprint density at radius 2 is 1.49 bits per heavy atom. The van der Waals surface area contributed by atoms with Crippen molar-refractivity contribution in [3.8, 4) is 0 Å². The van der Waals surface area contributed by atoms with Crippen molar-refractivity contribution < 1.29 is 26.0 Å². The summed E-state index contributed by atoms with van der Waals surface area (Å²) in [5, 5.41) is 2.31. The highest BCUT2D eigenvalue weighted by Crippen LogP contribution is 2.36. The van der Waals surface area contributed by atoms with Crippen molar-refractivity contribution in [2.45, 2.75) is 41.0 Å². The van der Waals surface area contributed by atoms with Crippen molar-refractivity contribution in [3.05, 3.63) is 99.7 Å². The quantitative estimate of drug-likeness (QED) is 0.216. The molecule has 0 aliphatic carbocycles. The predicted octanol–water partition coefficient (Wildman–Crippen LogP) is 6.16. The van der Waals surface area contributed by atoms with Crippen LogP contribution in [0.25, 0.3) is 0 Å². The van der Waals surface area contributed by atoms with Crippen LogP contribution in [0.5, 0.6) is 0 Å². The lowest BCUT2D eigenvalue weighted by molar-refractivity contribution is -0.122. The molecule has 4 aromatic rings. The summed E-state index contributed by atoms with van der Waals surface area (Å²) in [6.45, 7) is 1.92. The monoisotopic (exact) mass is 708 g/mol. The summed E-state index contributed by atoms with van der Waals surface area (Å²) in [7, 11) is -9.38. The molecular formula is C30H27Cl2FN4O5S3. The van der Waals surface area contributed by atoms with E-state index in [-0.39, 0.29) is 31.6 Å². The van der Waals surface area contributed by atoms with Crippen LogP contribution in [0.15, 0.2) is 88.1 Å². The number of hydrogen-bond donors (Lipinski definition) is 0. The number of amides is 1. The van der Waals surface area contributed by atoms with Gasteiger partial charge in [-0.3, -0.25) is 9.69 Å². The molecule has 0 saturated carbocycles. The van der Waals surface area contributed by atoms with Gasteiger partial charge in [-0.2, -0.15) is 16.8 Å². The van der Waals surface area contributed by atoms with E-state index >= 15 is 0 Å². The Labute approximate surface area is 274 Å². The normalized spacial score (nSPS) is 19.6. The summed E-state index contributed by atoms with van der Waals surface area (Å²) in [6.07, 6.45) is 3.77. The lowest BCUT2D eigenvalue weighted by atomic mass is 9.89. The van der Waals surface area contributed by atoms with Gasteiger partial charge in [-0.1, -0.05) is 23.2 Å². The average Bonchev–Trinajstić information content (AvgIpc) is 3.67. The average molecular weight is 710 g/mol. The summed E-state index contributed by atoms with van der Waals surface area (Å²) in [4.78, 5) is 20.6. The molecule has 0 spiro atoms. The Balaban J connectivity index is 1.22. The summed E-state index contributed by atoms with van der Waals surface area (Å²) >= 11 is 13.3. The van der Waals surface area contributed by atoms with E-state index in [1.165, 1.54) is 35.8 Å². The van der Waals surface area contributed by atoms with Crippen molar-refractivity contribution in [3.63, 3.8) is 0 Å². The largest absolute Gasteiger partial charge is 0.311 e. The van der Waals surface area contributed by atoms with Crippen LogP contribution >= 0.6 is 34.5 Å². The van der Waals surface area contributed by atoms with E-state index in [2.05, 4.69) is 9.88 Å². The molecule has 0 bridgehead atoms. The number of carbonyl (C=O) groups is 1. The Kier molecular flexibility index (Phi) is 8.94. The topological polar surface area (TPSA) is 108 Å². The van der Waals surface area contributed by atoms with Crippen LogP contribution in [0.2, 0.25) is 10.0 Å². The number of rotatable bonds is 8. The fraction of sp³-hybridized carbons (Fsp3) is 0.267. The number of thiazole rings is 1. The third-order valence-corrected chi connectivity index (χ3v) is 13.6. The molecule has 2 saturated heterocycles. The summed E-state index contributed by atoms with van der Waals surface area (Å²) in [5.41, 5.74) is 1.54. The van der Waals surface area contributed by atoms with Crippen LogP contribution in [-0.4, -0.2) is 58.3 Å². The number of hydrogen-bond acceptors (Lipinski definition) is 8. The summed E-state index contributed by atoms with van der Waals surface area (Å²) in [6, 6.07) is 14.6. The Bertz CT molecular complexity index is 1910. The Hall–Kier alpha value is -3.07. The van der Waals surface area contributed by atoms with Gasteiger partial charge in [-0.05, 0) is 104 Å². The highest BCUT2D eigenvalue weighted by molar-refractivity contribution is 8.10. The van der Waals surface area contributed by atoms with Crippen LogP contribution in [0.3, 0.4) is 0 Å². The standard InChI is InChI=1S/C30H27Cl2FN4O5S3/c31-22-16-21(17-23(32)18-22)20-2-1-13-35(19-20)28-11-14-36(29(28)38)25-5-9-27(10-6-25)45(41,42)37(30-34-12-15-43-30)44(39,40)26-7-3-24(33)4-8-26/h3-10,12,15-18,20,28H,1-2,11,13-14,19H2/t20-,28+/m1/s1. The number of benzene rings is 3. The lowest BCUT2D eigenvalue weighted by Crippen LogP contribution is -2.46. The summed E-state index contributed by atoms with van der Waals surface area (Å²) in [5.74, 6) is -0.565. The molecule has 3 aromatic carbocycles. The molecule has 1 amide bonds. The van der Waals surface area contributed by atoms with Crippen LogP contribution in [-0.2, 0) is 24.8 Å². The molecule has 0 unspecified atom stereocenters. The molecule has 3 heterocycles. The fourth-order valence-corrected chi connectivity index (χ4v) is 11.1. The van der Waals surface area contributed by atoms with Gasteiger partial charge in [0.25, 0.3) is 20.0 Å². The van der Waals surface area contributed by atoms with Gasteiger partial charge in [0.05, 0.1) is 15.8 Å². The number of likely N-dealkylation sites (tertiary alicyclic amines) is 1. The lowest BCUT2D eigenvalue weighted by Gasteiger charge is -2.36. The van der Waals surface area contributed by atoms with E-state index in [4.69, 9.17) is 23.2 Å². The Morgan fingerprint density at radius 1 is 0.867 bits per heavy atom. The van der Waals surface area contributed by atoms with Gasteiger partial charge in [0.15, 0.2) is 0 Å². The van der Waals surface area contributed by atoms with Crippen molar-refractivity contribution >= 4 is 71.3 Å². The molecule has 9 nitrogen and oxygen atoms in total. The van der Waals surface area contributed by atoms with Crippen LogP contribution in [0, 0.1) is 5.82 Å². The first-order valence-electron chi connectivity index (χ1n) is 14.0. The summed E-state index contributed by atoms with van der Waals surface area (Å²) < 4.78 is 68.4. The zero-order valence-electron chi connectivity index (χ0n) is 23.6. The van der Waals surface area contributed by atoms with Crippen molar-refractivity contribution in [1.29, 1.82) is 0 Å². The number of sulfonamides is 2. The van der Waals surface area contributed by atoms with Gasteiger partial charge in [-0.15, -0.1) is 15.0 Å². The molecule has 15 heteroatoms. The molecule has 1 aromatic heterocycles. The van der Waals surface area contributed by atoms with E-state index < -0.39 is 30.8 Å². The zero-order valence-corrected chi connectivity index (χ0v) is 27.6. The smallest absolute Gasteiger partial charge is 0.279 e. The SMILES string of the molecule is O=C1[C@@H](N2CCC[C@@H](c3cc(Cl)cc(Cl)c3)C2)CCN1c1ccc(S(=O)(=O)N(c2nccs2)S(=O)(=O)c2ccc(F)cc2)cc1. The Morgan fingerprint density at radius 3 is 2.09 bits per heavy atom. The first-order valence-corrected chi connectivity index (χ1v) is 18.5. The maximum absolute atomic E-state index is 13.8. The molecule has 0 N–H and O–H groups in total. The van der Waals surface area contributed by atoms with Crippen LogP contribution in [0.1, 0.15) is 30.7 Å². The minimum absolute atomic E-state index is 0.0846. The minimum atomic E-state index is -4.69. The second kappa shape index (κ2) is 12.6. The number of piperidine rings is 1. The molecule has 2 atom stereocenters. The van der Waals surface area contributed by atoms with E-state index in [1.807, 2.05) is 12.1 Å². The van der Waals surface area contributed by atoms with Gasteiger partial charge < -0.3 is 4.90 Å². The van der Waals surface area contributed by atoms with Gasteiger partial charge in [0.1, 0.15) is 5.82 Å². The third-order valence-electron chi connectivity index (χ3n) is 8.00. The maximum Gasteiger partial charge on any atom is 0.279 e. The molecule has 2 aliphatic rings. The van der Waals surface area contributed by atoms with E-state index in [1.54, 1.807) is 11.0 Å². The van der Waals surface area contributed by atoms with E-state index in [9.17, 15) is 26.0 Å². The van der Waals surface area contributed by atoms with E-state index in [0.717, 1.165) is 60.6 Å². The van der Waals surface area contributed by atoms with Crippen molar-refractivity contribution in [2.24, 2.45) is 0 Å². The number of carbonyl (C=O) groups excluding carboxylic acids is 1. The number of nitrogens with zero attached hydrogens (tertiary/aromatic N) is 4. The first kappa shape index (κ1) is 31.9. The highest BCUT2D eigenvalue weighted by atomic mass is 35.5. The van der Waals surface area contributed by atoms with Crippen LogP contribution < -0.4 is 8.61 Å². The van der Waals surface area contributed by atoms with E-state index in [0.29, 0.717) is 35.2 Å². The maximum atomic E-state index is 13.8.